The van der Waals surface area contributed by atoms with Gasteiger partial charge < -0.3 is 9.84 Å². The maximum absolute atomic E-state index is 12.5. The molecule has 0 aromatic carbocycles. The maximum Gasteiger partial charge on any atom is 0.310 e. The highest BCUT2D eigenvalue weighted by Crippen LogP contribution is 2.76. The minimum absolute atomic E-state index is 0.000451. The van der Waals surface area contributed by atoms with Crippen molar-refractivity contribution in [2.45, 2.75) is 64.6 Å². The second-order valence-electron chi connectivity index (χ2n) is 8.35. The van der Waals surface area contributed by atoms with E-state index in [0.717, 1.165) is 25.7 Å². The predicted octanol–water partition coefficient (Wildman–Crippen LogP) is 3.07. The molecule has 1 N–H and O–H groups in total. The lowest BCUT2D eigenvalue weighted by atomic mass is 9.57. The molecule has 0 aromatic heterocycles. The third kappa shape index (κ3) is 1.25. The van der Waals surface area contributed by atoms with Gasteiger partial charge in [0.05, 0.1) is 5.92 Å². The number of carbonyl (C=O) groups is 1. The van der Waals surface area contributed by atoms with E-state index < -0.39 is 11.2 Å². The van der Waals surface area contributed by atoms with Gasteiger partial charge in [0.15, 0.2) is 5.60 Å². The van der Waals surface area contributed by atoms with Crippen LogP contribution >= 0.6 is 0 Å². The minimum atomic E-state index is -0.922. The molecule has 3 heteroatoms. The van der Waals surface area contributed by atoms with Gasteiger partial charge in [-0.25, -0.2) is 0 Å². The summed E-state index contributed by atoms with van der Waals surface area (Å²) < 4.78 is 6.00. The molecule has 116 valence electrons. The Morgan fingerprint density at radius 1 is 1.43 bits per heavy atom. The molecule has 4 aliphatic rings. The molecule has 1 spiro atoms. The zero-order chi connectivity index (χ0) is 15.2. The third-order valence-corrected chi connectivity index (χ3v) is 7.39. The van der Waals surface area contributed by atoms with E-state index in [1.807, 2.05) is 6.92 Å². The Morgan fingerprint density at radius 3 is 2.81 bits per heavy atom. The number of fused-ring (bicyclic) bond motifs is 1. The van der Waals surface area contributed by atoms with Crippen LogP contribution in [-0.2, 0) is 9.53 Å². The lowest BCUT2D eigenvalue weighted by molar-refractivity contribution is -0.175. The molecule has 6 atom stereocenters. The zero-order valence-electron chi connectivity index (χ0n) is 13.5. The number of rotatable bonds is 1. The fourth-order valence-electron chi connectivity index (χ4n) is 6.13. The lowest BCUT2D eigenvalue weighted by Crippen LogP contribution is -2.60. The molecule has 3 fully saturated rings. The summed E-state index contributed by atoms with van der Waals surface area (Å²) in [6.45, 7) is 8.56. The van der Waals surface area contributed by atoms with E-state index in [1.54, 1.807) is 0 Å². The first-order chi connectivity index (χ1) is 9.76. The van der Waals surface area contributed by atoms with Crippen molar-refractivity contribution < 1.29 is 14.6 Å². The smallest absolute Gasteiger partial charge is 0.310 e. The van der Waals surface area contributed by atoms with Crippen molar-refractivity contribution in [2.75, 3.05) is 0 Å². The molecule has 0 aromatic rings. The van der Waals surface area contributed by atoms with Crippen molar-refractivity contribution in [2.24, 2.45) is 29.1 Å². The van der Waals surface area contributed by atoms with Crippen molar-refractivity contribution in [3.05, 3.63) is 11.6 Å². The lowest BCUT2D eigenvalue weighted by Gasteiger charge is -2.48. The van der Waals surface area contributed by atoms with Gasteiger partial charge >= 0.3 is 5.97 Å². The second kappa shape index (κ2) is 3.73. The number of aliphatic hydroxyl groups is 1. The molecule has 3 aliphatic carbocycles. The highest BCUT2D eigenvalue weighted by atomic mass is 16.6. The second-order valence-corrected chi connectivity index (χ2v) is 8.35. The SMILES string of the molecule is CC(C)C1=C[C@@]23OC(=O)[C@@H]4C[C@@H](C[C@@]42[C@H](C)CC1)[C@@]3(C)O. The first kappa shape index (κ1) is 13.8. The molecular formula is C18H26O3. The number of hydrogen-bond donors (Lipinski definition) is 1. The van der Waals surface area contributed by atoms with Gasteiger partial charge in [0, 0.05) is 5.41 Å². The Kier molecular flexibility index (Phi) is 2.45. The minimum Gasteiger partial charge on any atom is -0.451 e. The molecular weight excluding hydrogens is 264 g/mol. The summed E-state index contributed by atoms with van der Waals surface area (Å²) in [7, 11) is 0. The van der Waals surface area contributed by atoms with Crippen LogP contribution in [0.5, 0.6) is 0 Å². The average Bonchev–Trinajstić information content (AvgIpc) is 2.90. The van der Waals surface area contributed by atoms with Crippen LogP contribution in [0.1, 0.15) is 53.4 Å². The van der Waals surface area contributed by atoms with Crippen molar-refractivity contribution >= 4 is 5.97 Å². The standard InChI is InChI=1S/C18H26O3/c1-10(2)12-6-5-11(3)17-9-13-7-14(17)15(19)21-18(17,8-12)16(13,4)20/h8,10-11,13-14,20H,5-7,9H2,1-4H3/t11-,13+,14+,16-,17-,18+/m1/s1. The van der Waals surface area contributed by atoms with Crippen LogP contribution in [0.4, 0.5) is 0 Å². The molecule has 1 saturated heterocycles. The molecule has 2 bridgehead atoms. The van der Waals surface area contributed by atoms with Gasteiger partial charge in [0.25, 0.3) is 0 Å². The van der Waals surface area contributed by atoms with E-state index in [4.69, 9.17) is 4.74 Å². The fourth-order valence-corrected chi connectivity index (χ4v) is 6.13. The average molecular weight is 290 g/mol. The number of hydrogen-bond acceptors (Lipinski definition) is 3. The van der Waals surface area contributed by atoms with Crippen LogP contribution in [0, 0.1) is 29.1 Å². The van der Waals surface area contributed by atoms with Gasteiger partial charge in [-0.1, -0.05) is 26.3 Å². The van der Waals surface area contributed by atoms with Crippen LogP contribution in [-0.4, -0.2) is 22.3 Å². The van der Waals surface area contributed by atoms with E-state index in [1.165, 1.54) is 5.57 Å². The van der Waals surface area contributed by atoms with Crippen molar-refractivity contribution in [3.63, 3.8) is 0 Å². The summed E-state index contributed by atoms with van der Waals surface area (Å²) in [5.41, 5.74) is -0.524. The summed E-state index contributed by atoms with van der Waals surface area (Å²) in [6.07, 6.45) is 6.09. The molecule has 1 heterocycles. The third-order valence-electron chi connectivity index (χ3n) is 7.39. The van der Waals surface area contributed by atoms with Crippen LogP contribution in [0.2, 0.25) is 0 Å². The van der Waals surface area contributed by atoms with E-state index >= 15 is 0 Å². The highest BCUT2D eigenvalue weighted by Gasteiger charge is 2.83. The number of carbonyl (C=O) groups excluding carboxylic acids is 1. The van der Waals surface area contributed by atoms with Gasteiger partial charge in [-0.05, 0) is 56.4 Å². The quantitative estimate of drug-likeness (QED) is 0.596. The molecule has 2 saturated carbocycles. The van der Waals surface area contributed by atoms with Gasteiger partial charge in [0.1, 0.15) is 5.60 Å². The maximum atomic E-state index is 12.5. The van der Waals surface area contributed by atoms with E-state index in [-0.39, 0.29) is 23.2 Å². The van der Waals surface area contributed by atoms with Gasteiger partial charge in [-0.2, -0.15) is 0 Å². The van der Waals surface area contributed by atoms with Crippen LogP contribution in [0.15, 0.2) is 11.6 Å². The van der Waals surface area contributed by atoms with E-state index in [0.29, 0.717) is 11.8 Å². The van der Waals surface area contributed by atoms with Crippen LogP contribution < -0.4 is 0 Å². The summed E-state index contributed by atoms with van der Waals surface area (Å²) >= 11 is 0. The Hall–Kier alpha value is -0.830. The first-order valence-corrected chi connectivity index (χ1v) is 8.43. The van der Waals surface area contributed by atoms with E-state index in [9.17, 15) is 9.90 Å². The molecule has 0 unspecified atom stereocenters. The molecule has 0 radical (unpaired) electrons. The van der Waals surface area contributed by atoms with Gasteiger partial charge in [0.2, 0.25) is 0 Å². The number of esters is 1. The topological polar surface area (TPSA) is 46.5 Å². The molecule has 0 amide bonds. The van der Waals surface area contributed by atoms with Crippen molar-refractivity contribution in [3.8, 4) is 0 Å². The van der Waals surface area contributed by atoms with Gasteiger partial charge in [-0.3, -0.25) is 4.79 Å². The first-order valence-electron chi connectivity index (χ1n) is 8.43. The Balaban J connectivity index is 1.99. The summed E-state index contributed by atoms with van der Waals surface area (Å²) in [6, 6.07) is 0. The molecule has 21 heavy (non-hydrogen) atoms. The van der Waals surface area contributed by atoms with Crippen molar-refractivity contribution in [1.29, 1.82) is 0 Å². The summed E-state index contributed by atoms with van der Waals surface area (Å²) in [5, 5.41) is 11.3. The van der Waals surface area contributed by atoms with Crippen LogP contribution in [0.25, 0.3) is 0 Å². The van der Waals surface area contributed by atoms with Gasteiger partial charge in [-0.15, -0.1) is 0 Å². The monoisotopic (exact) mass is 290 g/mol. The predicted molar refractivity (Wildman–Crippen MR) is 79.4 cm³/mol. The van der Waals surface area contributed by atoms with Crippen molar-refractivity contribution in [1.82, 2.24) is 0 Å². The normalized spacial score (nSPS) is 54.5. The Labute approximate surface area is 126 Å². The number of allylic oxidation sites excluding steroid dienone is 1. The summed E-state index contributed by atoms with van der Waals surface area (Å²) in [5.74, 6) is 0.984. The zero-order valence-corrected chi connectivity index (χ0v) is 13.5. The fraction of sp³-hybridized carbons (Fsp3) is 0.833. The number of ether oxygens (including phenoxy) is 1. The molecule has 1 aliphatic heterocycles. The van der Waals surface area contributed by atoms with E-state index in [2.05, 4.69) is 26.8 Å². The molecule has 4 rings (SSSR count). The highest BCUT2D eigenvalue weighted by molar-refractivity contribution is 5.80. The summed E-state index contributed by atoms with van der Waals surface area (Å²) in [4.78, 5) is 12.5. The Morgan fingerprint density at radius 2 is 2.14 bits per heavy atom. The largest absolute Gasteiger partial charge is 0.451 e. The Bertz CT molecular complexity index is 547. The van der Waals surface area contributed by atoms with Crippen LogP contribution in [0.3, 0.4) is 0 Å². The molecule has 3 nitrogen and oxygen atoms in total.